The molecule has 0 aliphatic carbocycles. The SMILES string of the molecule is CC1(C)S[C@H]([C@H](NC(=O)Cc2ccccc2)C(=O)NCc2ccccc2)N[C@H]1C(=O)NCCNC(=O)[C@@H]1N[C@@H]([C@H](NC(=O)Cc2ccccc2)C(=O)NCc2ccc(CO)cc2)SC1(C)C. The molecule has 2 fully saturated rings. The largest absolute Gasteiger partial charge is 0.392 e. The van der Waals surface area contributed by atoms with E-state index < -0.39 is 50.3 Å². The molecule has 6 atom stereocenters. The summed E-state index contributed by atoms with van der Waals surface area (Å²) in [7, 11) is 0. The van der Waals surface area contributed by atoms with Gasteiger partial charge < -0.3 is 37.0 Å². The molecular weight excluding hydrogens is 877 g/mol. The van der Waals surface area contributed by atoms with Crippen LogP contribution in [0.25, 0.3) is 0 Å². The number of aliphatic hydroxyl groups is 1. The monoisotopic (exact) mass is 936 g/mol. The van der Waals surface area contributed by atoms with Crippen LogP contribution in [0.1, 0.15) is 55.5 Å². The van der Waals surface area contributed by atoms with Crippen molar-refractivity contribution in [2.75, 3.05) is 13.1 Å². The molecule has 9 N–H and O–H groups in total. The lowest BCUT2D eigenvalue weighted by Gasteiger charge is -2.25. The topological polar surface area (TPSA) is 219 Å². The highest BCUT2D eigenvalue weighted by Gasteiger charge is 2.50. The summed E-state index contributed by atoms with van der Waals surface area (Å²) >= 11 is 2.77. The van der Waals surface area contributed by atoms with Crippen LogP contribution in [0.15, 0.2) is 115 Å². The van der Waals surface area contributed by atoms with Gasteiger partial charge in [0.2, 0.25) is 35.4 Å². The fourth-order valence-electron chi connectivity index (χ4n) is 7.80. The summed E-state index contributed by atoms with van der Waals surface area (Å²) in [6.07, 6.45) is 0.142. The number of hydrogen-bond acceptors (Lipinski definition) is 11. The minimum atomic E-state index is -1.03. The maximum atomic E-state index is 13.8. The van der Waals surface area contributed by atoms with E-state index in [-0.39, 0.29) is 75.2 Å². The fraction of sp³-hybridized carbons (Fsp3) is 0.388. The van der Waals surface area contributed by atoms with Crippen LogP contribution in [0.3, 0.4) is 0 Å². The van der Waals surface area contributed by atoms with Gasteiger partial charge in [-0.1, -0.05) is 115 Å². The average Bonchev–Trinajstić information content (AvgIpc) is 3.81. The Morgan fingerprint density at radius 2 is 0.864 bits per heavy atom. The number of carbonyl (C=O) groups excluding carboxylic acids is 6. The molecule has 15 nitrogen and oxygen atoms in total. The first kappa shape index (κ1) is 49.7. The highest BCUT2D eigenvalue weighted by Crippen LogP contribution is 2.40. The first-order valence-corrected chi connectivity index (χ1v) is 23.8. The minimum Gasteiger partial charge on any atom is -0.392 e. The van der Waals surface area contributed by atoms with Crippen molar-refractivity contribution in [3.05, 3.63) is 143 Å². The molecule has 2 aliphatic rings. The molecule has 0 unspecified atom stereocenters. The van der Waals surface area contributed by atoms with Crippen LogP contribution in [-0.2, 0) is 61.3 Å². The second-order valence-electron chi connectivity index (χ2n) is 17.4. The van der Waals surface area contributed by atoms with Gasteiger partial charge in [0.25, 0.3) is 0 Å². The Hall–Kier alpha value is -5.72. The van der Waals surface area contributed by atoms with Gasteiger partial charge in [0.05, 0.1) is 30.2 Å². The summed E-state index contributed by atoms with van der Waals surface area (Å²) in [6, 6.07) is 31.5. The first-order chi connectivity index (χ1) is 31.6. The molecule has 0 aromatic heterocycles. The normalized spacial score (nSPS) is 20.3. The molecule has 4 aromatic rings. The third-order valence-corrected chi connectivity index (χ3v) is 14.4. The zero-order chi connectivity index (χ0) is 47.3. The van der Waals surface area contributed by atoms with Crippen molar-refractivity contribution in [1.29, 1.82) is 0 Å². The van der Waals surface area contributed by atoms with E-state index >= 15 is 0 Å². The van der Waals surface area contributed by atoms with Crippen molar-refractivity contribution < 1.29 is 33.9 Å². The number of hydrogen-bond donors (Lipinski definition) is 9. The van der Waals surface area contributed by atoms with E-state index in [2.05, 4.69) is 42.5 Å². The van der Waals surface area contributed by atoms with Crippen LogP contribution < -0.4 is 42.5 Å². The maximum Gasteiger partial charge on any atom is 0.245 e. The quantitative estimate of drug-likeness (QED) is 0.0587. The molecule has 2 aliphatic heterocycles. The van der Waals surface area contributed by atoms with Crippen LogP contribution in [-0.4, -0.2) is 98.0 Å². The summed E-state index contributed by atoms with van der Waals surface area (Å²) in [5.41, 5.74) is 4.04. The van der Waals surface area contributed by atoms with Crippen LogP contribution in [0.2, 0.25) is 0 Å². The number of nitrogens with one attached hydrogen (secondary N) is 8. The molecule has 0 spiro atoms. The highest BCUT2D eigenvalue weighted by molar-refractivity contribution is 8.01. The van der Waals surface area contributed by atoms with Crippen molar-refractivity contribution in [2.45, 2.75) is 105 Å². The molecule has 0 bridgehead atoms. The Labute approximate surface area is 394 Å². The molecule has 2 saturated heterocycles. The van der Waals surface area contributed by atoms with Crippen molar-refractivity contribution in [2.24, 2.45) is 0 Å². The van der Waals surface area contributed by atoms with Crippen molar-refractivity contribution >= 4 is 59.0 Å². The summed E-state index contributed by atoms with van der Waals surface area (Å²) in [4.78, 5) is 81.7. The Balaban J connectivity index is 1.04. The van der Waals surface area contributed by atoms with Crippen molar-refractivity contribution in [3.63, 3.8) is 0 Å². The number of benzene rings is 4. The van der Waals surface area contributed by atoms with E-state index in [1.807, 2.05) is 131 Å². The summed E-state index contributed by atoms with van der Waals surface area (Å²) in [5.74, 6) is -2.17. The van der Waals surface area contributed by atoms with Gasteiger partial charge in [-0.25, -0.2) is 0 Å². The second-order valence-corrected chi connectivity index (χ2v) is 21.0. The zero-order valence-electron chi connectivity index (χ0n) is 37.6. The summed E-state index contributed by atoms with van der Waals surface area (Å²) in [6.45, 7) is 8.14. The number of thioether (sulfide) groups is 2. The van der Waals surface area contributed by atoms with Crippen LogP contribution in [0.5, 0.6) is 0 Å². The molecule has 66 heavy (non-hydrogen) atoms. The Morgan fingerprint density at radius 1 is 0.515 bits per heavy atom. The van der Waals surface area contributed by atoms with E-state index in [0.717, 1.165) is 27.8 Å². The summed E-state index contributed by atoms with van der Waals surface area (Å²) < 4.78 is -1.39. The Bertz CT molecular complexity index is 2290. The van der Waals surface area contributed by atoms with Crippen LogP contribution in [0.4, 0.5) is 0 Å². The van der Waals surface area contributed by atoms with Crippen molar-refractivity contribution in [1.82, 2.24) is 42.5 Å². The second kappa shape index (κ2) is 23.1. The lowest BCUT2D eigenvalue weighted by atomic mass is 10.0. The van der Waals surface area contributed by atoms with Gasteiger partial charge >= 0.3 is 0 Å². The molecule has 0 saturated carbocycles. The van der Waals surface area contributed by atoms with E-state index in [1.165, 1.54) is 23.5 Å². The first-order valence-electron chi connectivity index (χ1n) is 22.0. The molecule has 350 valence electrons. The van der Waals surface area contributed by atoms with Gasteiger partial charge in [-0.3, -0.25) is 39.4 Å². The van der Waals surface area contributed by atoms with E-state index in [9.17, 15) is 33.9 Å². The van der Waals surface area contributed by atoms with Gasteiger partial charge in [-0.2, -0.15) is 0 Å². The van der Waals surface area contributed by atoms with Gasteiger partial charge in [-0.05, 0) is 55.5 Å². The molecule has 0 radical (unpaired) electrons. The van der Waals surface area contributed by atoms with E-state index in [1.54, 1.807) is 12.1 Å². The van der Waals surface area contributed by atoms with Crippen LogP contribution >= 0.6 is 23.5 Å². The molecule has 17 heteroatoms. The van der Waals surface area contributed by atoms with Gasteiger partial charge in [0, 0.05) is 35.7 Å². The maximum absolute atomic E-state index is 13.8. The number of aliphatic hydroxyl groups excluding tert-OH is 1. The smallest absolute Gasteiger partial charge is 0.245 e. The predicted molar refractivity (Wildman–Crippen MR) is 257 cm³/mol. The number of rotatable bonds is 20. The lowest BCUT2D eigenvalue weighted by molar-refractivity contribution is -0.129. The molecule has 2 heterocycles. The highest BCUT2D eigenvalue weighted by atomic mass is 32.2. The lowest BCUT2D eigenvalue weighted by Crippen LogP contribution is -2.58. The average molecular weight is 937 g/mol. The van der Waals surface area contributed by atoms with E-state index in [4.69, 9.17) is 0 Å². The Kier molecular flexibility index (Phi) is 17.4. The number of amides is 6. The third kappa shape index (κ3) is 13.9. The van der Waals surface area contributed by atoms with Gasteiger partial charge in [0.1, 0.15) is 24.2 Å². The fourth-order valence-corrected chi connectivity index (χ4v) is 10.8. The van der Waals surface area contributed by atoms with E-state index in [0.29, 0.717) is 0 Å². The minimum absolute atomic E-state index is 0.0621. The van der Waals surface area contributed by atoms with Gasteiger partial charge in [-0.15, -0.1) is 23.5 Å². The Morgan fingerprint density at radius 3 is 1.24 bits per heavy atom. The van der Waals surface area contributed by atoms with Gasteiger partial charge in [0.15, 0.2) is 0 Å². The van der Waals surface area contributed by atoms with Crippen molar-refractivity contribution in [3.8, 4) is 0 Å². The van der Waals surface area contributed by atoms with Crippen LogP contribution in [0, 0.1) is 0 Å². The molecule has 6 rings (SSSR count). The third-order valence-electron chi connectivity index (χ3n) is 11.4. The molecular formula is C49H60N8O7S2. The molecule has 6 amide bonds. The molecule has 4 aromatic carbocycles. The standard InChI is InChI=1S/C49H60N8O7S2/c1-48(2)40(56-46(65-48)38(42(61)52-28-33-18-12-7-13-19-33)54-36(59)26-31-14-8-5-9-15-31)44(63)50-24-25-51-45(64)41-49(3,4)66-47(57-41)39(55-37(60)27-32-16-10-6-11-17-32)43(62)53-29-34-20-22-35(30-58)23-21-34/h5-23,38-41,46-47,56-58H,24-30H2,1-4H3,(H,50,63)(H,51,64)(H,52,61)(H,53,62)(H,54,59)(H,55,60)/t38-,39-,40+,41+,46-,47-/m1/s1. The predicted octanol–water partition coefficient (Wildman–Crippen LogP) is 2.42. The summed E-state index contributed by atoms with van der Waals surface area (Å²) in [5, 5.41) is 32.2. The number of carbonyl (C=O) groups is 6. The zero-order valence-corrected chi connectivity index (χ0v) is 39.2.